The predicted molar refractivity (Wildman–Crippen MR) is 85.7 cm³/mol. The van der Waals surface area contributed by atoms with Crippen molar-refractivity contribution in [2.75, 3.05) is 6.61 Å². The monoisotopic (exact) mass is 313 g/mol. The molecule has 0 saturated heterocycles. The third kappa shape index (κ3) is 4.40. The minimum Gasteiger partial charge on any atom is -0.464 e. The molecule has 0 aromatic heterocycles. The van der Waals surface area contributed by atoms with E-state index in [2.05, 4.69) is 5.32 Å². The zero-order valence-corrected chi connectivity index (χ0v) is 12.8. The number of hydrogen-bond donors (Lipinski definition) is 2. The van der Waals surface area contributed by atoms with Gasteiger partial charge in [0.15, 0.2) is 6.10 Å². The lowest BCUT2D eigenvalue weighted by molar-refractivity contribution is -0.154. The molecule has 2 aromatic carbocycles. The van der Waals surface area contributed by atoms with Crippen LogP contribution in [0, 0.1) is 0 Å². The zero-order chi connectivity index (χ0) is 16.7. The number of nitrogens with one attached hydrogen (secondary N) is 1. The fourth-order valence-corrected chi connectivity index (χ4v) is 2.18. The van der Waals surface area contributed by atoms with Crippen LogP contribution in [0.25, 0.3) is 0 Å². The van der Waals surface area contributed by atoms with Gasteiger partial charge in [0.1, 0.15) is 0 Å². The second kappa shape index (κ2) is 8.10. The van der Waals surface area contributed by atoms with E-state index in [1.54, 1.807) is 61.5 Å². The highest BCUT2D eigenvalue weighted by Crippen LogP contribution is 2.19. The molecule has 2 aromatic rings. The van der Waals surface area contributed by atoms with Crippen LogP contribution in [-0.4, -0.2) is 29.7 Å². The van der Waals surface area contributed by atoms with Crippen LogP contribution in [-0.2, 0) is 9.53 Å². The molecular formula is C18H19NO4. The van der Waals surface area contributed by atoms with Gasteiger partial charge in [0.2, 0.25) is 0 Å². The van der Waals surface area contributed by atoms with Crippen LogP contribution in [0.1, 0.15) is 28.9 Å². The van der Waals surface area contributed by atoms with Crippen molar-refractivity contribution in [3.05, 3.63) is 71.8 Å². The Morgan fingerprint density at radius 2 is 1.61 bits per heavy atom. The largest absolute Gasteiger partial charge is 0.464 e. The number of benzene rings is 2. The maximum atomic E-state index is 12.3. The van der Waals surface area contributed by atoms with Gasteiger partial charge in [0.25, 0.3) is 5.91 Å². The molecule has 2 N–H and O–H groups in total. The van der Waals surface area contributed by atoms with Gasteiger partial charge in [-0.1, -0.05) is 48.5 Å². The molecule has 23 heavy (non-hydrogen) atoms. The molecule has 0 aliphatic carbocycles. The third-order valence-corrected chi connectivity index (χ3v) is 3.33. The van der Waals surface area contributed by atoms with E-state index < -0.39 is 18.1 Å². The Labute approximate surface area is 134 Å². The minimum atomic E-state index is -1.48. The predicted octanol–water partition coefficient (Wildman–Crippen LogP) is 2.08. The van der Waals surface area contributed by atoms with Gasteiger partial charge in [-0.15, -0.1) is 0 Å². The standard InChI is InChI=1S/C18H19NO4/c1-2-23-18(22)16(20)15(13-9-5-3-6-10-13)19-17(21)14-11-7-4-8-12-14/h3-12,15-16,20H,2H2,1H3,(H,19,21)/t15-,16-/m1/s1. The molecule has 0 saturated carbocycles. The van der Waals surface area contributed by atoms with E-state index in [1.807, 2.05) is 6.07 Å². The summed E-state index contributed by atoms with van der Waals surface area (Å²) in [5, 5.41) is 13.0. The van der Waals surface area contributed by atoms with Gasteiger partial charge in [-0.25, -0.2) is 4.79 Å². The Kier molecular flexibility index (Phi) is 5.88. The SMILES string of the molecule is CCOC(=O)[C@H](O)[C@H](NC(=O)c1ccccc1)c1ccccc1. The smallest absolute Gasteiger partial charge is 0.337 e. The van der Waals surface area contributed by atoms with Crippen LogP contribution in [0.3, 0.4) is 0 Å². The number of aliphatic hydroxyl groups is 1. The van der Waals surface area contributed by atoms with E-state index in [1.165, 1.54) is 0 Å². The normalized spacial score (nSPS) is 13.0. The van der Waals surface area contributed by atoms with Gasteiger partial charge in [-0.3, -0.25) is 4.79 Å². The Morgan fingerprint density at radius 3 is 2.17 bits per heavy atom. The van der Waals surface area contributed by atoms with Gasteiger partial charge in [-0.05, 0) is 24.6 Å². The number of hydrogen-bond acceptors (Lipinski definition) is 4. The molecule has 5 nitrogen and oxygen atoms in total. The number of carbonyl (C=O) groups is 2. The molecule has 0 fully saturated rings. The topological polar surface area (TPSA) is 75.6 Å². The van der Waals surface area contributed by atoms with Crippen LogP contribution in [0.4, 0.5) is 0 Å². The van der Waals surface area contributed by atoms with Crippen molar-refractivity contribution in [3.8, 4) is 0 Å². The average Bonchev–Trinajstić information content (AvgIpc) is 2.60. The Balaban J connectivity index is 2.23. The molecule has 5 heteroatoms. The molecule has 120 valence electrons. The quantitative estimate of drug-likeness (QED) is 0.801. The Morgan fingerprint density at radius 1 is 1.04 bits per heavy atom. The summed E-state index contributed by atoms with van der Waals surface area (Å²) in [6.45, 7) is 1.81. The van der Waals surface area contributed by atoms with Gasteiger partial charge >= 0.3 is 5.97 Å². The first-order chi connectivity index (χ1) is 11.1. The van der Waals surface area contributed by atoms with Crippen molar-refractivity contribution >= 4 is 11.9 Å². The summed E-state index contributed by atoms with van der Waals surface area (Å²) in [6.07, 6.45) is -1.48. The summed E-state index contributed by atoms with van der Waals surface area (Å²) in [5.41, 5.74) is 1.07. The molecule has 2 atom stereocenters. The lowest BCUT2D eigenvalue weighted by atomic mass is 10.0. The zero-order valence-electron chi connectivity index (χ0n) is 12.8. The highest BCUT2D eigenvalue weighted by molar-refractivity contribution is 5.94. The minimum absolute atomic E-state index is 0.157. The fraction of sp³-hybridized carbons (Fsp3) is 0.222. The van der Waals surface area contributed by atoms with Crippen LogP contribution in [0.5, 0.6) is 0 Å². The second-order valence-electron chi connectivity index (χ2n) is 4.92. The molecular weight excluding hydrogens is 294 g/mol. The third-order valence-electron chi connectivity index (χ3n) is 3.33. The van der Waals surface area contributed by atoms with Crippen molar-refractivity contribution in [3.63, 3.8) is 0 Å². The molecule has 2 rings (SSSR count). The number of rotatable bonds is 6. The maximum absolute atomic E-state index is 12.3. The van der Waals surface area contributed by atoms with E-state index in [0.717, 1.165) is 0 Å². The Bertz CT molecular complexity index is 643. The summed E-state index contributed by atoms with van der Waals surface area (Å²) < 4.78 is 4.85. The summed E-state index contributed by atoms with van der Waals surface area (Å²) in [5.74, 6) is -1.14. The molecule has 0 heterocycles. The number of aliphatic hydroxyl groups excluding tert-OH is 1. The molecule has 0 unspecified atom stereocenters. The lowest BCUT2D eigenvalue weighted by Crippen LogP contribution is -2.41. The van der Waals surface area contributed by atoms with Crippen LogP contribution < -0.4 is 5.32 Å². The second-order valence-corrected chi connectivity index (χ2v) is 4.92. The summed E-state index contributed by atoms with van der Waals surface area (Å²) >= 11 is 0. The summed E-state index contributed by atoms with van der Waals surface area (Å²) in [7, 11) is 0. The number of ether oxygens (including phenoxy) is 1. The maximum Gasteiger partial charge on any atom is 0.337 e. The first kappa shape index (κ1) is 16.7. The lowest BCUT2D eigenvalue weighted by Gasteiger charge is -2.23. The number of carbonyl (C=O) groups excluding carboxylic acids is 2. The van der Waals surface area contributed by atoms with Gasteiger partial charge in [0, 0.05) is 5.56 Å². The Hall–Kier alpha value is -2.66. The van der Waals surface area contributed by atoms with E-state index in [-0.39, 0.29) is 12.5 Å². The first-order valence-corrected chi connectivity index (χ1v) is 7.39. The summed E-state index contributed by atoms with van der Waals surface area (Å²) in [4.78, 5) is 24.2. The highest BCUT2D eigenvalue weighted by atomic mass is 16.5. The van der Waals surface area contributed by atoms with Crippen LogP contribution >= 0.6 is 0 Å². The van der Waals surface area contributed by atoms with Gasteiger partial charge < -0.3 is 15.2 Å². The van der Waals surface area contributed by atoms with Crippen molar-refractivity contribution in [2.24, 2.45) is 0 Å². The van der Waals surface area contributed by atoms with E-state index >= 15 is 0 Å². The van der Waals surface area contributed by atoms with E-state index in [0.29, 0.717) is 11.1 Å². The molecule has 0 spiro atoms. The average molecular weight is 313 g/mol. The van der Waals surface area contributed by atoms with Crippen molar-refractivity contribution in [1.29, 1.82) is 0 Å². The van der Waals surface area contributed by atoms with E-state index in [4.69, 9.17) is 4.74 Å². The molecule has 0 aliphatic heterocycles. The van der Waals surface area contributed by atoms with Gasteiger partial charge in [0.05, 0.1) is 12.6 Å². The number of amides is 1. The molecule has 0 bridgehead atoms. The molecule has 0 radical (unpaired) electrons. The van der Waals surface area contributed by atoms with Crippen LogP contribution in [0.15, 0.2) is 60.7 Å². The van der Waals surface area contributed by atoms with Gasteiger partial charge in [-0.2, -0.15) is 0 Å². The fourth-order valence-electron chi connectivity index (χ4n) is 2.18. The van der Waals surface area contributed by atoms with E-state index in [9.17, 15) is 14.7 Å². The van der Waals surface area contributed by atoms with Crippen molar-refractivity contribution < 1.29 is 19.4 Å². The molecule has 0 aliphatic rings. The summed E-state index contributed by atoms with van der Waals surface area (Å²) in [6, 6.07) is 16.6. The molecule has 1 amide bonds. The highest BCUT2D eigenvalue weighted by Gasteiger charge is 2.30. The first-order valence-electron chi connectivity index (χ1n) is 7.39. The van der Waals surface area contributed by atoms with Crippen molar-refractivity contribution in [2.45, 2.75) is 19.1 Å². The van der Waals surface area contributed by atoms with Crippen LogP contribution in [0.2, 0.25) is 0 Å². The van der Waals surface area contributed by atoms with Crippen molar-refractivity contribution in [1.82, 2.24) is 5.32 Å². The number of esters is 1.